The van der Waals surface area contributed by atoms with Gasteiger partial charge in [0.25, 0.3) is 0 Å². The van der Waals surface area contributed by atoms with Gasteiger partial charge in [-0.05, 0) is 31.5 Å². The fourth-order valence-electron chi connectivity index (χ4n) is 1.97. The van der Waals surface area contributed by atoms with Crippen LogP contribution >= 0.6 is 0 Å². The van der Waals surface area contributed by atoms with Crippen LogP contribution in [0.4, 0.5) is 0 Å². The molecule has 0 spiro atoms. The maximum atomic E-state index is 11.0. The summed E-state index contributed by atoms with van der Waals surface area (Å²) in [5.74, 6) is 0.0927. The van der Waals surface area contributed by atoms with Gasteiger partial charge >= 0.3 is 5.97 Å². The number of rotatable bonds is 7. The topological polar surface area (TPSA) is 67.8 Å². The molecule has 20 heavy (non-hydrogen) atoms. The average Bonchev–Trinajstić information content (AvgIpc) is 2.45. The second-order valence-electron chi connectivity index (χ2n) is 4.92. The second-order valence-corrected chi connectivity index (χ2v) is 4.92. The molecule has 5 nitrogen and oxygen atoms in total. The largest absolute Gasteiger partial charge is 0.493 e. The van der Waals surface area contributed by atoms with Crippen molar-refractivity contribution in [2.75, 3.05) is 14.2 Å². The van der Waals surface area contributed by atoms with Gasteiger partial charge in [-0.15, -0.1) is 0 Å². The summed E-state index contributed by atoms with van der Waals surface area (Å²) in [6, 6.07) is 5.57. The minimum absolute atomic E-state index is 0.0200. The van der Waals surface area contributed by atoms with E-state index in [9.17, 15) is 4.79 Å². The lowest BCUT2D eigenvalue weighted by Crippen LogP contribution is -2.37. The van der Waals surface area contributed by atoms with E-state index in [1.165, 1.54) is 0 Å². The molecule has 0 bridgehead atoms. The molecule has 3 atom stereocenters. The Morgan fingerprint density at radius 2 is 1.75 bits per heavy atom. The van der Waals surface area contributed by atoms with Gasteiger partial charge in [-0.3, -0.25) is 4.79 Å². The van der Waals surface area contributed by atoms with Crippen LogP contribution in [-0.2, 0) is 4.79 Å². The average molecular weight is 281 g/mol. The maximum absolute atomic E-state index is 11.0. The number of aliphatic carboxylic acids is 1. The molecule has 0 saturated carbocycles. The van der Waals surface area contributed by atoms with Crippen molar-refractivity contribution < 1.29 is 19.4 Å². The molecule has 0 aliphatic rings. The molecule has 2 N–H and O–H groups in total. The number of nitrogens with one attached hydrogen (secondary N) is 1. The van der Waals surface area contributed by atoms with E-state index >= 15 is 0 Å². The molecular formula is C15H23NO4. The highest BCUT2D eigenvalue weighted by Gasteiger charge is 2.21. The molecule has 0 aliphatic carbocycles. The minimum Gasteiger partial charge on any atom is -0.493 e. The number of methoxy groups -OCH3 is 2. The summed E-state index contributed by atoms with van der Waals surface area (Å²) in [5, 5.41) is 12.3. The van der Waals surface area contributed by atoms with E-state index in [0.29, 0.717) is 11.5 Å². The number of hydrogen-bond donors (Lipinski definition) is 2. The molecule has 0 radical (unpaired) electrons. The van der Waals surface area contributed by atoms with Crippen LogP contribution in [0.3, 0.4) is 0 Å². The third kappa shape index (κ3) is 3.87. The van der Waals surface area contributed by atoms with E-state index in [0.717, 1.165) is 5.56 Å². The van der Waals surface area contributed by atoms with Crippen molar-refractivity contribution in [3.63, 3.8) is 0 Å². The van der Waals surface area contributed by atoms with Crippen molar-refractivity contribution >= 4 is 5.97 Å². The van der Waals surface area contributed by atoms with Gasteiger partial charge in [0.05, 0.1) is 20.1 Å². The smallest absolute Gasteiger partial charge is 0.307 e. The zero-order valence-electron chi connectivity index (χ0n) is 12.6. The van der Waals surface area contributed by atoms with Crippen LogP contribution < -0.4 is 14.8 Å². The van der Waals surface area contributed by atoms with Crippen LogP contribution in [0.15, 0.2) is 18.2 Å². The maximum Gasteiger partial charge on any atom is 0.307 e. The lowest BCUT2D eigenvalue weighted by atomic mass is 10.0. The molecule has 5 heteroatoms. The highest BCUT2D eigenvalue weighted by atomic mass is 16.5. The van der Waals surface area contributed by atoms with E-state index in [4.69, 9.17) is 14.6 Å². The van der Waals surface area contributed by atoms with Gasteiger partial charge in [-0.25, -0.2) is 0 Å². The van der Waals surface area contributed by atoms with Gasteiger partial charge in [-0.2, -0.15) is 0 Å². The first kappa shape index (κ1) is 16.3. The highest BCUT2D eigenvalue weighted by molar-refractivity contribution is 5.70. The van der Waals surface area contributed by atoms with Crippen molar-refractivity contribution in [3.05, 3.63) is 23.8 Å². The standard InChI is InChI=1S/C15H23NO4/c1-9(15(17)18)10(2)16-11(3)12-6-7-13(19-4)14(8-12)20-5/h6-11,16H,1-5H3,(H,17,18). The third-order valence-electron chi connectivity index (χ3n) is 3.56. The Balaban J connectivity index is 2.82. The van der Waals surface area contributed by atoms with Crippen LogP contribution in [0, 0.1) is 5.92 Å². The number of carboxylic acid groups (broad SMARTS) is 1. The lowest BCUT2D eigenvalue weighted by molar-refractivity contribution is -0.142. The fourth-order valence-corrected chi connectivity index (χ4v) is 1.97. The van der Waals surface area contributed by atoms with Crippen LogP contribution in [0.2, 0.25) is 0 Å². The van der Waals surface area contributed by atoms with Gasteiger partial charge in [0.1, 0.15) is 0 Å². The highest BCUT2D eigenvalue weighted by Crippen LogP contribution is 2.30. The zero-order valence-corrected chi connectivity index (χ0v) is 12.6. The Labute approximate surface area is 119 Å². The van der Waals surface area contributed by atoms with Gasteiger partial charge in [0.2, 0.25) is 0 Å². The quantitative estimate of drug-likeness (QED) is 0.803. The predicted octanol–water partition coefficient (Wildman–Crippen LogP) is 2.46. The van der Waals surface area contributed by atoms with Gasteiger partial charge < -0.3 is 19.9 Å². The molecule has 0 amide bonds. The first-order valence-electron chi connectivity index (χ1n) is 6.61. The SMILES string of the molecule is COc1ccc(C(C)NC(C)C(C)C(=O)O)cc1OC. The Bertz CT molecular complexity index is 461. The molecule has 0 heterocycles. The van der Waals surface area contributed by atoms with Crippen LogP contribution in [0.25, 0.3) is 0 Å². The van der Waals surface area contributed by atoms with Crippen molar-refractivity contribution in [1.29, 1.82) is 0 Å². The summed E-state index contributed by atoms with van der Waals surface area (Å²) < 4.78 is 10.5. The van der Waals surface area contributed by atoms with Crippen molar-refractivity contribution in [3.8, 4) is 11.5 Å². The molecule has 0 aliphatic heterocycles. The van der Waals surface area contributed by atoms with E-state index in [1.807, 2.05) is 32.0 Å². The van der Waals surface area contributed by atoms with E-state index in [1.54, 1.807) is 21.1 Å². The number of carboxylic acids is 1. The first-order valence-corrected chi connectivity index (χ1v) is 6.61. The summed E-state index contributed by atoms with van der Waals surface area (Å²) >= 11 is 0. The Morgan fingerprint density at radius 3 is 2.25 bits per heavy atom. The predicted molar refractivity (Wildman–Crippen MR) is 77.4 cm³/mol. The molecule has 1 aromatic carbocycles. The van der Waals surface area contributed by atoms with Gasteiger partial charge in [0.15, 0.2) is 11.5 Å². The molecule has 0 aromatic heterocycles. The molecule has 0 saturated heterocycles. The molecule has 0 fully saturated rings. The zero-order chi connectivity index (χ0) is 15.3. The normalized spacial score (nSPS) is 15.2. The van der Waals surface area contributed by atoms with Crippen molar-refractivity contribution in [2.24, 2.45) is 5.92 Å². The summed E-state index contributed by atoms with van der Waals surface area (Å²) in [4.78, 5) is 11.0. The Kier molecular flexibility index (Phi) is 5.82. The molecular weight excluding hydrogens is 258 g/mol. The van der Waals surface area contributed by atoms with E-state index < -0.39 is 11.9 Å². The molecule has 3 unspecified atom stereocenters. The summed E-state index contributed by atoms with van der Waals surface area (Å²) in [5.41, 5.74) is 1.02. The fraction of sp³-hybridized carbons (Fsp3) is 0.533. The van der Waals surface area contributed by atoms with Crippen molar-refractivity contribution in [1.82, 2.24) is 5.32 Å². The summed E-state index contributed by atoms with van der Waals surface area (Å²) in [6.07, 6.45) is 0. The number of hydrogen-bond acceptors (Lipinski definition) is 4. The first-order chi connectivity index (χ1) is 9.40. The second kappa shape index (κ2) is 7.14. The third-order valence-corrected chi connectivity index (χ3v) is 3.56. The number of ether oxygens (including phenoxy) is 2. The van der Waals surface area contributed by atoms with E-state index in [2.05, 4.69) is 5.32 Å². The molecule has 112 valence electrons. The van der Waals surface area contributed by atoms with Crippen LogP contribution in [0.1, 0.15) is 32.4 Å². The molecule has 1 aromatic rings. The Morgan fingerprint density at radius 1 is 1.15 bits per heavy atom. The minimum atomic E-state index is -0.801. The lowest BCUT2D eigenvalue weighted by Gasteiger charge is -2.23. The summed E-state index contributed by atoms with van der Waals surface area (Å²) in [7, 11) is 3.19. The van der Waals surface area contributed by atoms with Crippen LogP contribution in [0.5, 0.6) is 11.5 Å². The number of benzene rings is 1. The van der Waals surface area contributed by atoms with Gasteiger partial charge in [-0.1, -0.05) is 13.0 Å². The monoisotopic (exact) mass is 281 g/mol. The van der Waals surface area contributed by atoms with Crippen LogP contribution in [-0.4, -0.2) is 31.3 Å². The Hall–Kier alpha value is -1.75. The number of carbonyl (C=O) groups is 1. The van der Waals surface area contributed by atoms with E-state index in [-0.39, 0.29) is 12.1 Å². The van der Waals surface area contributed by atoms with Gasteiger partial charge in [0, 0.05) is 12.1 Å². The van der Waals surface area contributed by atoms with Crippen molar-refractivity contribution in [2.45, 2.75) is 32.9 Å². The molecule has 1 rings (SSSR count). The summed E-state index contributed by atoms with van der Waals surface area (Å²) in [6.45, 7) is 5.56.